The Kier molecular flexibility index (Phi) is 5.43. The van der Waals surface area contributed by atoms with Crippen molar-refractivity contribution in [1.29, 1.82) is 0 Å². The quantitative estimate of drug-likeness (QED) is 0.664. The van der Waals surface area contributed by atoms with Crippen LogP contribution < -0.4 is 10.9 Å². The average Bonchev–Trinajstić information content (AvgIpc) is 3.16. The van der Waals surface area contributed by atoms with Crippen LogP contribution in [0.2, 0.25) is 0 Å². The number of fused-ring (bicyclic) bond motifs is 1. The average molecular weight is 371 g/mol. The molecule has 2 aromatic heterocycles. The van der Waals surface area contributed by atoms with E-state index in [2.05, 4.69) is 10.4 Å². The number of nitrogens with one attached hydrogen (secondary N) is 1. The van der Waals surface area contributed by atoms with E-state index >= 15 is 0 Å². The summed E-state index contributed by atoms with van der Waals surface area (Å²) >= 11 is 1.62. The number of rotatable bonds is 6. The van der Waals surface area contributed by atoms with Gasteiger partial charge >= 0.3 is 5.97 Å². The number of carbonyl (C=O) groups excluding carboxylic acids is 2. The molecule has 1 aromatic carbocycles. The van der Waals surface area contributed by atoms with E-state index in [0.717, 1.165) is 11.1 Å². The van der Waals surface area contributed by atoms with Crippen molar-refractivity contribution in [3.63, 3.8) is 0 Å². The van der Waals surface area contributed by atoms with Crippen molar-refractivity contribution in [3.8, 4) is 0 Å². The molecule has 1 amide bonds. The minimum atomic E-state index is -0.745. The van der Waals surface area contributed by atoms with Gasteiger partial charge in [-0.05, 0) is 23.9 Å². The molecule has 0 atom stereocenters. The molecular formula is C18H17N3O4S. The number of thiophene rings is 1. The highest BCUT2D eigenvalue weighted by molar-refractivity contribution is 7.09. The summed E-state index contributed by atoms with van der Waals surface area (Å²) < 4.78 is 6.14. The molecule has 0 radical (unpaired) electrons. The monoisotopic (exact) mass is 371 g/mol. The molecule has 134 valence electrons. The number of carbonyl (C=O) groups is 2. The molecule has 0 aliphatic rings. The van der Waals surface area contributed by atoms with Crippen molar-refractivity contribution < 1.29 is 14.3 Å². The summed E-state index contributed by atoms with van der Waals surface area (Å²) in [5.41, 5.74) is -0.294. The van der Waals surface area contributed by atoms with Crippen molar-refractivity contribution >= 4 is 34.0 Å². The molecule has 0 unspecified atom stereocenters. The molecule has 3 aromatic rings. The first-order valence-corrected chi connectivity index (χ1v) is 8.86. The second-order valence-electron chi connectivity index (χ2n) is 5.58. The molecular weight excluding hydrogens is 354 g/mol. The van der Waals surface area contributed by atoms with E-state index < -0.39 is 12.6 Å². The summed E-state index contributed by atoms with van der Waals surface area (Å²) in [5.74, 6) is -1.13. The van der Waals surface area contributed by atoms with Crippen LogP contribution >= 0.6 is 11.3 Å². The summed E-state index contributed by atoms with van der Waals surface area (Å²) in [6.07, 6.45) is 0.727. The van der Waals surface area contributed by atoms with Crippen molar-refractivity contribution in [2.24, 2.45) is 7.05 Å². The largest absolute Gasteiger partial charge is 0.451 e. The molecule has 0 aliphatic heterocycles. The van der Waals surface area contributed by atoms with Gasteiger partial charge in [0.15, 0.2) is 12.3 Å². The molecule has 26 heavy (non-hydrogen) atoms. The SMILES string of the molecule is Cn1nc(C(=O)OCC(=O)NCCc2cccs2)c2ccccc2c1=O. The molecule has 0 aliphatic carbocycles. The maximum atomic E-state index is 12.3. The maximum Gasteiger partial charge on any atom is 0.359 e. The Labute approximate surface area is 153 Å². The number of aromatic nitrogens is 2. The first-order valence-electron chi connectivity index (χ1n) is 7.98. The minimum Gasteiger partial charge on any atom is -0.451 e. The normalized spacial score (nSPS) is 10.7. The lowest BCUT2D eigenvalue weighted by molar-refractivity contribution is -0.124. The Morgan fingerprint density at radius 3 is 2.69 bits per heavy atom. The predicted octanol–water partition coefficient (Wildman–Crippen LogP) is 1.51. The molecule has 7 nitrogen and oxygen atoms in total. The number of benzene rings is 1. The van der Waals surface area contributed by atoms with Crippen LogP contribution in [0.4, 0.5) is 0 Å². The number of aryl methyl sites for hydroxylation is 1. The van der Waals surface area contributed by atoms with Crippen molar-refractivity contribution in [3.05, 3.63) is 62.7 Å². The van der Waals surface area contributed by atoms with Gasteiger partial charge in [-0.1, -0.05) is 24.3 Å². The van der Waals surface area contributed by atoms with Crippen LogP contribution in [-0.4, -0.2) is 34.8 Å². The Morgan fingerprint density at radius 2 is 1.96 bits per heavy atom. The maximum absolute atomic E-state index is 12.3. The second-order valence-corrected chi connectivity index (χ2v) is 6.61. The third-order valence-corrected chi connectivity index (χ3v) is 4.69. The topological polar surface area (TPSA) is 90.3 Å². The first kappa shape index (κ1) is 17.8. The molecule has 0 saturated heterocycles. The third-order valence-electron chi connectivity index (χ3n) is 3.76. The molecule has 0 bridgehead atoms. The zero-order valence-corrected chi connectivity index (χ0v) is 14.9. The number of amides is 1. The molecule has 2 heterocycles. The fourth-order valence-electron chi connectivity index (χ4n) is 2.48. The molecule has 8 heteroatoms. The van der Waals surface area contributed by atoms with Crippen LogP contribution in [-0.2, 0) is 23.0 Å². The van der Waals surface area contributed by atoms with Gasteiger partial charge in [-0.15, -0.1) is 11.3 Å². The van der Waals surface area contributed by atoms with Gasteiger partial charge < -0.3 is 10.1 Å². The lowest BCUT2D eigenvalue weighted by Gasteiger charge is -2.08. The zero-order valence-electron chi connectivity index (χ0n) is 14.1. The lowest BCUT2D eigenvalue weighted by Crippen LogP contribution is -2.31. The lowest BCUT2D eigenvalue weighted by atomic mass is 10.1. The Balaban J connectivity index is 1.61. The van der Waals surface area contributed by atoms with E-state index in [4.69, 9.17) is 4.74 Å². The van der Waals surface area contributed by atoms with Crippen LogP contribution in [0.5, 0.6) is 0 Å². The number of nitrogens with zero attached hydrogens (tertiary/aromatic N) is 2. The van der Waals surface area contributed by atoms with Crippen molar-refractivity contribution in [2.75, 3.05) is 13.2 Å². The van der Waals surface area contributed by atoms with Crippen LogP contribution in [0.15, 0.2) is 46.6 Å². The van der Waals surface area contributed by atoms with E-state index in [1.165, 1.54) is 11.9 Å². The van der Waals surface area contributed by atoms with E-state index in [1.54, 1.807) is 35.6 Å². The van der Waals surface area contributed by atoms with Gasteiger partial charge in [-0.25, -0.2) is 9.48 Å². The molecule has 3 rings (SSSR count). The highest BCUT2D eigenvalue weighted by Gasteiger charge is 2.18. The van der Waals surface area contributed by atoms with Gasteiger partial charge in [0.1, 0.15) is 0 Å². The van der Waals surface area contributed by atoms with E-state index in [9.17, 15) is 14.4 Å². The summed E-state index contributed by atoms with van der Waals surface area (Å²) in [6.45, 7) is 0.0695. The second kappa shape index (κ2) is 7.92. The number of ether oxygens (including phenoxy) is 1. The fraction of sp³-hybridized carbons (Fsp3) is 0.222. The van der Waals surface area contributed by atoms with Crippen LogP contribution in [0.3, 0.4) is 0 Å². The highest BCUT2D eigenvalue weighted by Crippen LogP contribution is 2.14. The molecule has 0 saturated carbocycles. The van der Waals surface area contributed by atoms with Crippen molar-refractivity contribution in [1.82, 2.24) is 15.1 Å². The molecule has 1 N–H and O–H groups in total. The number of hydrogen-bond acceptors (Lipinski definition) is 6. The van der Waals surface area contributed by atoms with Crippen LogP contribution in [0.1, 0.15) is 15.4 Å². The molecule has 0 spiro atoms. The number of esters is 1. The highest BCUT2D eigenvalue weighted by atomic mass is 32.1. The number of hydrogen-bond donors (Lipinski definition) is 1. The van der Waals surface area contributed by atoms with Gasteiger partial charge in [-0.2, -0.15) is 5.10 Å². The van der Waals surface area contributed by atoms with E-state index in [0.29, 0.717) is 17.3 Å². The fourth-order valence-corrected chi connectivity index (χ4v) is 3.19. The predicted molar refractivity (Wildman–Crippen MR) is 98.3 cm³/mol. The summed E-state index contributed by atoms with van der Waals surface area (Å²) in [5, 5.41) is 9.42. The van der Waals surface area contributed by atoms with Gasteiger partial charge in [0.25, 0.3) is 11.5 Å². The van der Waals surface area contributed by atoms with Crippen LogP contribution in [0, 0.1) is 0 Å². The van der Waals surface area contributed by atoms with Gasteiger partial charge in [0.05, 0.1) is 5.39 Å². The van der Waals surface area contributed by atoms with Gasteiger partial charge in [0, 0.05) is 23.9 Å². The molecule has 0 fully saturated rings. The smallest absolute Gasteiger partial charge is 0.359 e. The first-order chi connectivity index (χ1) is 12.6. The standard InChI is InChI=1S/C18H17N3O4S/c1-21-17(23)14-7-3-2-6-13(14)16(20-21)18(24)25-11-15(22)19-9-8-12-5-4-10-26-12/h2-7,10H,8-9,11H2,1H3,(H,19,22). The Morgan fingerprint density at radius 1 is 1.19 bits per heavy atom. The third kappa shape index (κ3) is 3.97. The minimum absolute atomic E-state index is 0.00841. The zero-order chi connectivity index (χ0) is 18.5. The Bertz CT molecular complexity index is 995. The summed E-state index contributed by atoms with van der Waals surface area (Å²) in [6, 6.07) is 10.6. The van der Waals surface area contributed by atoms with Gasteiger partial charge in [0.2, 0.25) is 0 Å². The summed E-state index contributed by atoms with van der Waals surface area (Å²) in [7, 11) is 1.46. The Hall–Kier alpha value is -3.00. The van der Waals surface area contributed by atoms with Gasteiger partial charge in [-0.3, -0.25) is 9.59 Å². The van der Waals surface area contributed by atoms with E-state index in [1.807, 2.05) is 17.5 Å². The van der Waals surface area contributed by atoms with Crippen LogP contribution in [0.25, 0.3) is 10.8 Å². The summed E-state index contributed by atoms with van der Waals surface area (Å²) in [4.78, 5) is 37.4. The van der Waals surface area contributed by atoms with E-state index in [-0.39, 0.29) is 17.2 Å². The van der Waals surface area contributed by atoms with Crippen molar-refractivity contribution in [2.45, 2.75) is 6.42 Å².